The summed E-state index contributed by atoms with van der Waals surface area (Å²) < 4.78 is 5.24. The quantitative estimate of drug-likeness (QED) is 0.352. The van der Waals surface area contributed by atoms with Crippen LogP contribution >= 0.6 is 24.0 Å². The van der Waals surface area contributed by atoms with Gasteiger partial charge in [0.15, 0.2) is 5.96 Å². The Bertz CT molecular complexity index is 491. The van der Waals surface area contributed by atoms with Crippen LogP contribution in [0.3, 0.4) is 0 Å². The van der Waals surface area contributed by atoms with E-state index in [2.05, 4.69) is 40.9 Å². The minimum atomic E-state index is -0.692. The summed E-state index contributed by atoms with van der Waals surface area (Å²) in [5, 5.41) is 13.5. The first-order valence-electron chi connectivity index (χ1n) is 9.14. The lowest BCUT2D eigenvalue weighted by atomic mass is 10.1. The third-order valence-electron chi connectivity index (χ3n) is 4.62. The zero-order valence-electron chi connectivity index (χ0n) is 15.6. The average molecular weight is 464 g/mol. The zero-order chi connectivity index (χ0) is 17.4. The third kappa shape index (κ3) is 6.79. The zero-order valence-corrected chi connectivity index (χ0v) is 18.0. The highest BCUT2D eigenvalue weighted by molar-refractivity contribution is 14.0. The van der Waals surface area contributed by atoms with E-state index in [1.165, 1.54) is 6.42 Å². The maximum absolute atomic E-state index is 10.2. The summed E-state index contributed by atoms with van der Waals surface area (Å²) >= 11 is 0. The summed E-state index contributed by atoms with van der Waals surface area (Å²) in [6.45, 7) is 13.1. The van der Waals surface area contributed by atoms with Gasteiger partial charge in [0.05, 0.1) is 12.8 Å². The Hall–Kier alpha value is -0.800. The number of aliphatic hydroxyl groups is 1. The number of halogens is 1. The third-order valence-corrected chi connectivity index (χ3v) is 4.62. The van der Waals surface area contributed by atoms with Gasteiger partial charge in [-0.15, -0.1) is 24.0 Å². The lowest BCUT2D eigenvalue weighted by molar-refractivity contribution is 0.158. The molecule has 2 rings (SSSR count). The molecule has 1 fully saturated rings. The van der Waals surface area contributed by atoms with Crippen molar-refractivity contribution >= 4 is 29.9 Å². The number of hydrogen-bond acceptors (Lipinski definition) is 4. The van der Waals surface area contributed by atoms with Gasteiger partial charge in [-0.1, -0.05) is 13.8 Å². The van der Waals surface area contributed by atoms with Gasteiger partial charge in [-0.3, -0.25) is 0 Å². The second-order valence-corrected chi connectivity index (χ2v) is 6.31. The van der Waals surface area contributed by atoms with E-state index < -0.39 is 6.10 Å². The molecule has 2 unspecified atom stereocenters. The molecule has 0 aliphatic carbocycles. The number of rotatable bonds is 8. The number of aliphatic imine (C=N–C) groups is 1. The number of aliphatic hydroxyl groups excluding tert-OH is 1. The van der Waals surface area contributed by atoms with Crippen molar-refractivity contribution in [1.29, 1.82) is 0 Å². The first kappa shape index (κ1) is 22.2. The van der Waals surface area contributed by atoms with Gasteiger partial charge >= 0.3 is 0 Å². The summed E-state index contributed by atoms with van der Waals surface area (Å²) in [4.78, 5) is 9.41. The van der Waals surface area contributed by atoms with Crippen molar-refractivity contribution in [3.8, 4) is 0 Å². The molecule has 25 heavy (non-hydrogen) atoms. The Labute approximate surface area is 168 Å². The van der Waals surface area contributed by atoms with E-state index in [9.17, 15) is 5.11 Å². The van der Waals surface area contributed by atoms with Gasteiger partial charge in [0.1, 0.15) is 11.9 Å². The van der Waals surface area contributed by atoms with Crippen molar-refractivity contribution in [3.63, 3.8) is 0 Å². The number of guanidine groups is 1. The highest BCUT2D eigenvalue weighted by Gasteiger charge is 2.26. The minimum Gasteiger partial charge on any atom is -0.467 e. The molecule has 0 saturated carbocycles. The number of nitrogens with one attached hydrogen (secondary N) is 1. The molecular weight excluding hydrogens is 431 g/mol. The molecule has 144 valence electrons. The number of furan rings is 1. The van der Waals surface area contributed by atoms with Crippen molar-refractivity contribution in [3.05, 3.63) is 24.2 Å². The van der Waals surface area contributed by atoms with Crippen LogP contribution < -0.4 is 5.32 Å². The van der Waals surface area contributed by atoms with E-state index in [-0.39, 0.29) is 24.0 Å². The van der Waals surface area contributed by atoms with E-state index in [4.69, 9.17) is 4.42 Å². The Kier molecular flexibility index (Phi) is 10.4. The highest BCUT2D eigenvalue weighted by atomic mass is 127. The minimum absolute atomic E-state index is 0. The van der Waals surface area contributed by atoms with E-state index in [0.717, 1.165) is 45.2 Å². The first-order valence-corrected chi connectivity index (χ1v) is 9.14. The lowest BCUT2D eigenvalue weighted by Gasteiger charge is -2.24. The normalized spacial score (nSPS) is 19.2. The summed E-state index contributed by atoms with van der Waals surface area (Å²) in [7, 11) is 0. The van der Waals surface area contributed by atoms with Crippen LogP contribution in [0.15, 0.2) is 27.8 Å². The summed E-state index contributed by atoms with van der Waals surface area (Å²) in [5.74, 6) is 2.14. The van der Waals surface area contributed by atoms with Crippen LogP contribution in [0.5, 0.6) is 0 Å². The molecule has 0 spiro atoms. The molecule has 2 atom stereocenters. The molecule has 0 amide bonds. The molecule has 0 radical (unpaired) electrons. The van der Waals surface area contributed by atoms with Crippen LogP contribution in [0.2, 0.25) is 0 Å². The predicted molar refractivity (Wildman–Crippen MR) is 113 cm³/mol. The van der Waals surface area contributed by atoms with E-state index in [1.807, 2.05) is 0 Å². The van der Waals surface area contributed by atoms with Gasteiger partial charge in [0, 0.05) is 26.2 Å². The van der Waals surface area contributed by atoms with Crippen molar-refractivity contribution in [1.82, 2.24) is 15.1 Å². The Balaban J connectivity index is 0.00000312. The van der Waals surface area contributed by atoms with Gasteiger partial charge in [-0.25, -0.2) is 4.99 Å². The molecule has 2 N–H and O–H groups in total. The van der Waals surface area contributed by atoms with Gasteiger partial charge in [-0.2, -0.15) is 0 Å². The Morgan fingerprint density at radius 1 is 1.44 bits per heavy atom. The van der Waals surface area contributed by atoms with Gasteiger partial charge in [0.2, 0.25) is 0 Å². The summed E-state index contributed by atoms with van der Waals surface area (Å²) in [6, 6.07) is 3.56. The Morgan fingerprint density at radius 3 is 2.80 bits per heavy atom. The topological polar surface area (TPSA) is 64.2 Å². The summed E-state index contributed by atoms with van der Waals surface area (Å²) in [6.07, 6.45) is 2.08. The van der Waals surface area contributed by atoms with Crippen LogP contribution in [-0.2, 0) is 0 Å². The monoisotopic (exact) mass is 464 g/mol. The second kappa shape index (κ2) is 11.7. The lowest BCUT2D eigenvalue weighted by Crippen LogP contribution is -2.41. The molecule has 7 heteroatoms. The van der Waals surface area contributed by atoms with Crippen molar-refractivity contribution in [2.75, 3.05) is 45.8 Å². The summed E-state index contributed by atoms with van der Waals surface area (Å²) in [5.41, 5.74) is 0. The average Bonchev–Trinajstić information content (AvgIpc) is 3.27. The Morgan fingerprint density at radius 2 is 2.20 bits per heavy atom. The van der Waals surface area contributed by atoms with E-state index in [0.29, 0.717) is 18.2 Å². The number of nitrogens with zero attached hydrogens (tertiary/aromatic N) is 3. The second-order valence-electron chi connectivity index (χ2n) is 6.31. The molecule has 1 saturated heterocycles. The van der Waals surface area contributed by atoms with Gasteiger partial charge in [0.25, 0.3) is 0 Å². The van der Waals surface area contributed by atoms with Crippen LogP contribution in [-0.4, -0.2) is 66.7 Å². The van der Waals surface area contributed by atoms with Gasteiger partial charge in [-0.05, 0) is 44.5 Å². The van der Waals surface area contributed by atoms with Crippen LogP contribution in [0.4, 0.5) is 0 Å². The van der Waals surface area contributed by atoms with Crippen molar-refractivity contribution < 1.29 is 9.52 Å². The maximum atomic E-state index is 10.2. The largest absolute Gasteiger partial charge is 0.467 e. The molecule has 6 nitrogen and oxygen atoms in total. The smallest absolute Gasteiger partial charge is 0.194 e. The van der Waals surface area contributed by atoms with Gasteiger partial charge < -0.3 is 24.6 Å². The van der Waals surface area contributed by atoms with Crippen LogP contribution in [0.25, 0.3) is 0 Å². The molecule has 1 aromatic rings. The van der Waals surface area contributed by atoms with Crippen molar-refractivity contribution in [2.24, 2.45) is 10.9 Å². The fourth-order valence-electron chi connectivity index (χ4n) is 3.19. The molecule has 0 aromatic carbocycles. The SMILES string of the molecule is CCNC(=NCC(O)c1ccco1)N1CCC(CN(CC)CC)C1.I. The molecular formula is C18H33IN4O2. The van der Waals surface area contributed by atoms with Crippen LogP contribution in [0.1, 0.15) is 39.1 Å². The van der Waals surface area contributed by atoms with Crippen LogP contribution in [0, 0.1) is 5.92 Å². The fourth-order valence-corrected chi connectivity index (χ4v) is 3.19. The molecule has 0 bridgehead atoms. The molecule has 1 aliphatic rings. The molecule has 2 heterocycles. The number of likely N-dealkylation sites (tertiary alicyclic amines) is 1. The van der Waals surface area contributed by atoms with E-state index in [1.54, 1.807) is 18.4 Å². The maximum Gasteiger partial charge on any atom is 0.194 e. The standard InChI is InChI=1S/C18H32N4O2.HI/c1-4-19-18(20-12-16(23)17-8-7-11-24-17)22-10-9-15(14-22)13-21(5-2)6-3;/h7-8,11,15-16,23H,4-6,9-10,12-14H2,1-3H3,(H,19,20);1H. The highest BCUT2D eigenvalue weighted by Crippen LogP contribution is 2.18. The molecule has 1 aromatic heterocycles. The van der Waals surface area contributed by atoms with Crippen molar-refractivity contribution in [2.45, 2.75) is 33.3 Å². The molecule has 1 aliphatic heterocycles. The predicted octanol–water partition coefficient (Wildman–Crippen LogP) is 2.56. The van der Waals surface area contributed by atoms with E-state index >= 15 is 0 Å². The fraction of sp³-hybridized carbons (Fsp3) is 0.722. The number of hydrogen-bond donors (Lipinski definition) is 2. The first-order chi connectivity index (χ1) is 11.7.